The van der Waals surface area contributed by atoms with Crippen LogP contribution in [-0.4, -0.2) is 55.3 Å². The molecule has 0 radical (unpaired) electrons. The Kier molecular flexibility index (Phi) is 7.86. The number of anilines is 1. The number of hydrogen-bond donors (Lipinski definition) is 0. The molecule has 9 heteroatoms. The van der Waals surface area contributed by atoms with Gasteiger partial charge >= 0.3 is 0 Å². The highest BCUT2D eigenvalue weighted by Crippen LogP contribution is 2.23. The van der Waals surface area contributed by atoms with E-state index >= 15 is 0 Å². The number of ether oxygens (including phenoxy) is 1. The van der Waals surface area contributed by atoms with Crippen molar-refractivity contribution in [3.05, 3.63) is 89.1 Å². The number of nitrogens with zero attached hydrogens (tertiary/aromatic N) is 3. The van der Waals surface area contributed by atoms with Crippen molar-refractivity contribution in [3.63, 3.8) is 0 Å². The van der Waals surface area contributed by atoms with Crippen molar-refractivity contribution in [1.82, 2.24) is 9.29 Å². The summed E-state index contributed by atoms with van der Waals surface area (Å²) in [4.78, 5) is 19.7. The Balaban J connectivity index is 1.57. The molecule has 2 aromatic carbocycles. The number of aromatic nitrogens is 1. The number of halogens is 1. The van der Waals surface area contributed by atoms with E-state index in [1.807, 2.05) is 55.1 Å². The molecule has 2 heterocycles. The average molecular weight is 514 g/mol. The molecule has 1 aliphatic heterocycles. The predicted molar refractivity (Wildman–Crippen MR) is 136 cm³/mol. The van der Waals surface area contributed by atoms with Crippen molar-refractivity contribution < 1.29 is 17.9 Å². The third-order valence-corrected chi connectivity index (χ3v) is 7.81. The van der Waals surface area contributed by atoms with E-state index in [9.17, 15) is 13.2 Å². The number of ketones is 1. The van der Waals surface area contributed by atoms with Gasteiger partial charge in [-0.2, -0.15) is 4.31 Å². The monoisotopic (exact) mass is 513 g/mol. The fourth-order valence-electron chi connectivity index (χ4n) is 4.19. The van der Waals surface area contributed by atoms with Crippen LogP contribution in [0.4, 0.5) is 5.82 Å². The van der Waals surface area contributed by atoms with E-state index in [-0.39, 0.29) is 42.5 Å². The lowest BCUT2D eigenvalue weighted by molar-refractivity contribution is -0.0440. The minimum Gasteiger partial charge on any atom is -0.373 e. The molecular weight excluding hydrogens is 486 g/mol. The van der Waals surface area contributed by atoms with Gasteiger partial charge in [-0.3, -0.25) is 4.79 Å². The largest absolute Gasteiger partial charge is 0.373 e. The van der Waals surface area contributed by atoms with Crippen LogP contribution in [0.5, 0.6) is 0 Å². The first-order valence-corrected chi connectivity index (χ1v) is 13.2. The first-order valence-electron chi connectivity index (χ1n) is 11.4. The van der Waals surface area contributed by atoms with Gasteiger partial charge in [-0.25, -0.2) is 13.4 Å². The van der Waals surface area contributed by atoms with Crippen molar-refractivity contribution in [2.24, 2.45) is 0 Å². The first kappa shape index (κ1) is 25.3. The number of benzene rings is 2. The summed E-state index contributed by atoms with van der Waals surface area (Å²) in [7, 11) is -3.76. The number of sulfonamides is 1. The zero-order valence-electron chi connectivity index (χ0n) is 19.7. The third-order valence-electron chi connectivity index (χ3n) is 5.75. The maximum Gasteiger partial charge on any atom is 0.243 e. The second-order valence-corrected chi connectivity index (χ2v) is 11.1. The van der Waals surface area contributed by atoms with Gasteiger partial charge < -0.3 is 9.64 Å². The highest BCUT2D eigenvalue weighted by Gasteiger charge is 2.32. The van der Waals surface area contributed by atoms with Crippen LogP contribution < -0.4 is 4.90 Å². The Morgan fingerprint density at radius 3 is 2.49 bits per heavy atom. The maximum absolute atomic E-state index is 13.3. The molecule has 0 N–H and O–H groups in total. The van der Waals surface area contributed by atoms with E-state index in [4.69, 9.17) is 16.3 Å². The summed E-state index contributed by atoms with van der Waals surface area (Å²) in [5.41, 5.74) is 1.26. The van der Waals surface area contributed by atoms with Crippen molar-refractivity contribution in [3.8, 4) is 0 Å². The molecular formula is C26H28ClN3O4S. The number of rotatable bonds is 8. The fraction of sp³-hybridized carbons (Fsp3) is 0.308. The molecule has 2 unspecified atom stereocenters. The number of morpholine rings is 1. The van der Waals surface area contributed by atoms with Crippen LogP contribution in [0.15, 0.2) is 77.8 Å². The highest BCUT2D eigenvalue weighted by atomic mass is 35.5. The summed E-state index contributed by atoms with van der Waals surface area (Å²) in [5, 5.41) is 0.611. The van der Waals surface area contributed by atoms with Crippen LogP contribution in [0.2, 0.25) is 5.02 Å². The van der Waals surface area contributed by atoms with Gasteiger partial charge in [0.15, 0.2) is 5.78 Å². The zero-order valence-corrected chi connectivity index (χ0v) is 21.2. The minimum atomic E-state index is -3.76. The van der Waals surface area contributed by atoms with Crippen LogP contribution in [0, 0.1) is 0 Å². The number of carbonyl (C=O) groups is 1. The Morgan fingerprint density at radius 2 is 1.80 bits per heavy atom. The molecule has 184 valence electrons. The number of pyridine rings is 1. The van der Waals surface area contributed by atoms with E-state index in [0.717, 1.165) is 5.56 Å². The summed E-state index contributed by atoms with van der Waals surface area (Å²) in [6, 6.07) is 19.2. The molecule has 1 aliphatic rings. The van der Waals surface area contributed by atoms with Crippen LogP contribution in [0.25, 0.3) is 0 Å². The molecule has 0 bridgehead atoms. The number of carbonyl (C=O) groups excluding carboxylic acids is 1. The van der Waals surface area contributed by atoms with Gasteiger partial charge in [0, 0.05) is 36.4 Å². The molecule has 35 heavy (non-hydrogen) atoms. The van der Waals surface area contributed by atoms with E-state index in [1.54, 1.807) is 24.4 Å². The number of hydrogen-bond acceptors (Lipinski definition) is 6. The summed E-state index contributed by atoms with van der Waals surface area (Å²) < 4.78 is 33.7. The summed E-state index contributed by atoms with van der Waals surface area (Å²) in [5.74, 6) is 0.430. The normalized spacial score (nSPS) is 18.8. The van der Waals surface area contributed by atoms with Gasteiger partial charge in [-0.05, 0) is 55.8 Å². The quantitative estimate of drug-likeness (QED) is 0.415. The molecule has 1 saturated heterocycles. The Bertz CT molecular complexity index is 1280. The number of Topliss-reactive ketones (excluding diaryl/α,β-unsaturated/α-hetero) is 1. The average Bonchev–Trinajstić information content (AvgIpc) is 2.83. The SMILES string of the molecule is CC1CN(S(=O)(=O)c2cccc(C(=O)CN(Cc3cccc(Cl)c3)c3ccccn3)c2)CC(C)O1. The first-order chi connectivity index (χ1) is 16.7. The van der Waals surface area contributed by atoms with E-state index < -0.39 is 10.0 Å². The van der Waals surface area contributed by atoms with Gasteiger partial charge in [-0.1, -0.05) is 41.9 Å². The molecule has 1 fully saturated rings. The Hall–Kier alpha value is -2.78. The molecule has 1 aromatic heterocycles. The summed E-state index contributed by atoms with van der Waals surface area (Å²) in [6.07, 6.45) is 1.27. The smallest absolute Gasteiger partial charge is 0.243 e. The summed E-state index contributed by atoms with van der Waals surface area (Å²) >= 11 is 6.15. The van der Waals surface area contributed by atoms with Gasteiger partial charge in [0.25, 0.3) is 0 Å². The highest BCUT2D eigenvalue weighted by molar-refractivity contribution is 7.89. The molecule has 0 saturated carbocycles. The van der Waals surface area contributed by atoms with Crippen LogP contribution in [-0.2, 0) is 21.3 Å². The van der Waals surface area contributed by atoms with Gasteiger partial charge in [0.05, 0.1) is 23.6 Å². The molecule has 2 atom stereocenters. The van der Waals surface area contributed by atoms with Crippen LogP contribution in [0.1, 0.15) is 29.8 Å². The van der Waals surface area contributed by atoms with E-state index in [1.165, 1.54) is 16.4 Å². The lowest BCUT2D eigenvalue weighted by Gasteiger charge is -2.34. The molecule has 3 aromatic rings. The van der Waals surface area contributed by atoms with Crippen molar-refractivity contribution >= 4 is 33.2 Å². The van der Waals surface area contributed by atoms with Crippen molar-refractivity contribution in [2.75, 3.05) is 24.5 Å². The minimum absolute atomic E-state index is 0.0264. The Labute approximate surface area is 211 Å². The third kappa shape index (κ3) is 6.27. The standard InChI is InChI=1S/C26H28ClN3O4S/c1-19-15-30(16-20(2)34-19)35(32,33)24-10-6-8-22(14-24)25(31)18-29(26-11-3-4-12-28-26)17-21-7-5-9-23(27)13-21/h3-14,19-20H,15-18H2,1-2H3. The topological polar surface area (TPSA) is 79.8 Å². The molecule has 0 aliphatic carbocycles. The molecule has 0 spiro atoms. The summed E-state index contributed by atoms with van der Waals surface area (Å²) in [6.45, 7) is 4.70. The van der Waals surface area contributed by atoms with Crippen molar-refractivity contribution in [1.29, 1.82) is 0 Å². The van der Waals surface area contributed by atoms with Gasteiger partial charge in [-0.15, -0.1) is 0 Å². The van der Waals surface area contributed by atoms with Crippen LogP contribution in [0.3, 0.4) is 0 Å². The predicted octanol–water partition coefficient (Wildman–Crippen LogP) is 4.42. The second-order valence-electron chi connectivity index (χ2n) is 8.70. The molecule has 4 rings (SSSR count). The van der Waals surface area contributed by atoms with Crippen molar-refractivity contribution in [2.45, 2.75) is 37.5 Å². The fourth-order valence-corrected chi connectivity index (χ4v) is 6.03. The lowest BCUT2D eigenvalue weighted by Crippen LogP contribution is -2.48. The molecule has 7 nitrogen and oxygen atoms in total. The lowest BCUT2D eigenvalue weighted by atomic mass is 10.1. The second kappa shape index (κ2) is 10.9. The Morgan fingerprint density at radius 1 is 1.06 bits per heavy atom. The van der Waals surface area contributed by atoms with E-state index in [2.05, 4.69) is 4.98 Å². The zero-order chi connectivity index (χ0) is 25.0. The van der Waals surface area contributed by atoms with Gasteiger partial charge in [0.2, 0.25) is 10.0 Å². The molecule has 0 amide bonds. The van der Waals surface area contributed by atoms with Crippen LogP contribution >= 0.6 is 11.6 Å². The maximum atomic E-state index is 13.3. The van der Waals surface area contributed by atoms with E-state index in [0.29, 0.717) is 22.9 Å². The van der Waals surface area contributed by atoms with Gasteiger partial charge in [0.1, 0.15) is 5.82 Å².